The highest BCUT2D eigenvalue weighted by Crippen LogP contribution is 2.35. The van der Waals surface area contributed by atoms with Gasteiger partial charge in [0.2, 0.25) is 0 Å². The van der Waals surface area contributed by atoms with E-state index in [1.807, 2.05) is 17.0 Å². The second-order valence-electron chi connectivity index (χ2n) is 5.84. The second kappa shape index (κ2) is 7.20. The van der Waals surface area contributed by atoms with Crippen molar-refractivity contribution in [2.45, 2.75) is 0 Å². The predicted octanol–water partition coefficient (Wildman–Crippen LogP) is 2.80. The van der Waals surface area contributed by atoms with Crippen LogP contribution in [0.2, 0.25) is 5.02 Å². The standard InChI is InChI=1S/C18H20ClN3O2/c1-21-8-10-22(11-9-21)18(23)13-6-7-20-15(12-13)17-14(19)4-3-5-16(17)24-2/h3-7,12H,8-11H2,1-2H3. The Labute approximate surface area is 146 Å². The summed E-state index contributed by atoms with van der Waals surface area (Å²) >= 11 is 6.32. The first-order valence-corrected chi connectivity index (χ1v) is 8.24. The van der Waals surface area contributed by atoms with Crippen LogP contribution in [-0.2, 0) is 0 Å². The SMILES string of the molecule is COc1cccc(Cl)c1-c1cc(C(=O)N2CCN(C)CC2)ccn1. The van der Waals surface area contributed by atoms with Gasteiger partial charge in [0.15, 0.2) is 0 Å². The maximum absolute atomic E-state index is 12.7. The highest BCUT2D eigenvalue weighted by Gasteiger charge is 2.21. The quantitative estimate of drug-likeness (QED) is 0.858. The number of methoxy groups -OCH3 is 1. The highest BCUT2D eigenvalue weighted by atomic mass is 35.5. The van der Waals surface area contributed by atoms with Crippen LogP contribution in [0.25, 0.3) is 11.3 Å². The molecule has 1 aliphatic heterocycles. The van der Waals surface area contributed by atoms with E-state index in [9.17, 15) is 4.79 Å². The Morgan fingerprint density at radius 2 is 1.96 bits per heavy atom. The van der Waals surface area contributed by atoms with E-state index < -0.39 is 0 Å². The number of piperazine rings is 1. The van der Waals surface area contributed by atoms with Gasteiger partial charge in [-0.2, -0.15) is 0 Å². The number of pyridine rings is 1. The van der Waals surface area contributed by atoms with Crippen molar-refractivity contribution in [3.05, 3.63) is 47.1 Å². The number of hydrogen-bond donors (Lipinski definition) is 0. The summed E-state index contributed by atoms with van der Waals surface area (Å²) in [4.78, 5) is 21.2. The first-order chi connectivity index (χ1) is 11.6. The topological polar surface area (TPSA) is 45.7 Å². The zero-order chi connectivity index (χ0) is 17.1. The zero-order valence-electron chi connectivity index (χ0n) is 13.8. The molecule has 0 N–H and O–H groups in total. The number of likely N-dealkylation sites (N-methyl/N-ethyl adjacent to an activating group) is 1. The van der Waals surface area contributed by atoms with Crippen LogP contribution >= 0.6 is 11.6 Å². The number of hydrogen-bond acceptors (Lipinski definition) is 4. The van der Waals surface area contributed by atoms with Crippen molar-refractivity contribution in [3.8, 4) is 17.0 Å². The molecule has 1 aromatic heterocycles. The van der Waals surface area contributed by atoms with Crippen LogP contribution in [0, 0.1) is 0 Å². The van der Waals surface area contributed by atoms with E-state index in [1.54, 1.807) is 31.5 Å². The summed E-state index contributed by atoms with van der Waals surface area (Å²) in [7, 11) is 3.66. The number of rotatable bonds is 3. The maximum Gasteiger partial charge on any atom is 0.254 e. The smallest absolute Gasteiger partial charge is 0.254 e. The number of carbonyl (C=O) groups is 1. The average molecular weight is 346 g/mol. The Morgan fingerprint density at radius 1 is 1.21 bits per heavy atom. The van der Waals surface area contributed by atoms with Gasteiger partial charge in [-0.05, 0) is 31.3 Å². The minimum Gasteiger partial charge on any atom is -0.496 e. The molecule has 0 aliphatic carbocycles. The lowest BCUT2D eigenvalue weighted by Crippen LogP contribution is -2.47. The summed E-state index contributed by atoms with van der Waals surface area (Å²) < 4.78 is 5.38. The third-order valence-corrected chi connectivity index (χ3v) is 4.56. The Balaban J connectivity index is 1.91. The summed E-state index contributed by atoms with van der Waals surface area (Å²) in [5.74, 6) is 0.664. The molecule has 126 valence electrons. The van der Waals surface area contributed by atoms with Gasteiger partial charge in [0.25, 0.3) is 5.91 Å². The molecule has 1 aliphatic rings. The molecule has 0 spiro atoms. The Morgan fingerprint density at radius 3 is 2.67 bits per heavy atom. The molecule has 0 saturated carbocycles. The molecule has 6 heteroatoms. The number of carbonyl (C=O) groups excluding carboxylic acids is 1. The number of benzene rings is 1. The largest absolute Gasteiger partial charge is 0.496 e. The fraction of sp³-hybridized carbons (Fsp3) is 0.333. The van der Waals surface area contributed by atoms with Crippen LogP contribution in [0.4, 0.5) is 0 Å². The number of halogens is 1. The van der Waals surface area contributed by atoms with Gasteiger partial charge in [0.05, 0.1) is 23.4 Å². The van der Waals surface area contributed by atoms with Crippen LogP contribution in [0.1, 0.15) is 10.4 Å². The molecule has 0 bridgehead atoms. The van der Waals surface area contributed by atoms with E-state index in [-0.39, 0.29) is 5.91 Å². The maximum atomic E-state index is 12.7. The third-order valence-electron chi connectivity index (χ3n) is 4.25. The summed E-state index contributed by atoms with van der Waals surface area (Å²) in [5, 5.41) is 0.547. The molecular weight excluding hydrogens is 326 g/mol. The van der Waals surface area contributed by atoms with E-state index in [4.69, 9.17) is 16.3 Å². The summed E-state index contributed by atoms with van der Waals surface area (Å²) in [6.45, 7) is 3.26. The fourth-order valence-corrected chi connectivity index (χ4v) is 3.08. The van der Waals surface area contributed by atoms with Crippen molar-refractivity contribution in [2.75, 3.05) is 40.3 Å². The number of nitrogens with zero attached hydrogens (tertiary/aromatic N) is 3. The Kier molecular flexibility index (Phi) is 5.02. The number of ether oxygens (including phenoxy) is 1. The van der Waals surface area contributed by atoms with Gasteiger partial charge in [-0.3, -0.25) is 9.78 Å². The monoisotopic (exact) mass is 345 g/mol. The molecule has 2 aromatic rings. The molecule has 24 heavy (non-hydrogen) atoms. The molecule has 0 radical (unpaired) electrons. The van der Waals surface area contributed by atoms with Gasteiger partial charge in [-0.25, -0.2) is 0 Å². The molecule has 1 saturated heterocycles. The minimum atomic E-state index is 0.0257. The van der Waals surface area contributed by atoms with Gasteiger partial charge in [0.1, 0.15) is 5.75 Å². The summed E-state index contributed by atoms with van der Waals surface area (Å²) in [5.41, 5.74) is 1.96. The van der Waals surface area contributed by atoms with Gasteiger partial charge < -0.3 is 14.5 Å². The number of aromatic nitrogens is 1. The first-order valence-electron chi connectivity index (χ1n) is 7.87. The summed E-state index contributed by atoms with van der Waals surface area (Å²) in [6.07, 6.45) is 1.64. The Bertz CT molecular complexity index is 743. The van der Waals surface area contributed by atoms with Crippen molar-refractivity contribution in [3.63, 3.8) is 0 Å². The number of amides is 1. The van der Waals surface area contributed by atoms with Crippen molar-refractivity contribution in [2.24, 2.45) is 0 Å². The lowest BCUT2D eigenvalue weighted by Gasteiger charge is -2.32. The van der Waals surface area contributed by atoms with E-state index in [0.29, 0.717) is 27.6 Å². The van der Waals surface area contributed by atoms with Crippen LogP contribution in [0.15, 0.2) is 36.5 Å². The van der Waals surface area contributed by atoms with Gasteiger partial charge in [0, 0.05) is 37.9 Å². The molecule has 1 fully saturated rings. The molecule has 0 unspecified atom stereocenters. The molecule has 1 amide bonds. The van der Waals surface area contributed by atoms with E-state index in [0.717, 1.165) is 26.2 Å². The van der Waals surface area contributed by atoms with Crippen molar-refractivity contribution >= 4 is 17.5 Å². The Hall–Kier alpha value is -2.11. The third kappa shape index (κ3) is 3.37. The van der Waals surface area contributed by atoms with E-state index >= 15 is 0 Å². The molecular formula is C18H20ClN3O2. The van der Waals surface area contributed by atoms with E-state index in [1.165, 1.54) is 0 Å². The van der Waals surface area contributed by atoms with E-state index in [2.05, 4.69) is 16.9 Å². The van der Waals surface area contributed by atoms with Crippen LogP contribution in [-0.4, -0.2) is 61.0 Å². The molecule has 2 heterocycles. The van der Waals surface area contributed by atoms with Crippen LogP contribution < -0.4 is 4.74 Å². The van der Waals surface area contributed by atoms with Gasteiger partial charge in [-0.15, -0.1) is 0 Å². The molecule has 1 aromatic carbocycles. The van der Waals surface area contributed by atoms with Crippen molar-refractivity contribution < 1.29 is 9.53 Å². The predicted molar refractivity (Wildman–Crippen MR) is 94.6 cm³/mol. The lowest BCUT2D eigenvalue weighted by molar-refractivity contribution is 0.0664. The van der Waals surface area contributed by atoms with Gasteiger partial charge in [-0.1, -0.05) is 17.7 Å². The molecule has 0 atom stereocenters. The van der Waals surface area contributed by atoms with Crippen molar-refractivity contribution in [1.82, 2.24) is 14.8 Å². The van der Waals surface area contributed by atoms with Gasteiger partial charge >= 0.3 is 0 Å². The summed E-state index contributed by atoms with van der Waals surface area (Å²) in [6, 6.07) is 8.97. The molecule has 5 nitrogen and oxygen atoms in total. The normalized spacial score (nSPS) is 15.4. The highest BCUT2D eigenvalue weighted by molar-refractivity contribution is 6.33. The average Bonchev–Trinajstić information content (AvgIpc) is 2.61. The fourth-order valence-electron chi connectivity index (χ4n) is 2.82. The minimum absolute atomic E-state index is 0.0257. The van der Waals surface area contributed by atoms with Crippen molar-refractivity contribution in [1.29, 1.82) is 0 Å². The first kappa shape index (κ1) is 16.7. The van der Waals surface area contributed by atoms with Crippen LogP contribution in [0.3, 0.4) is 0 Å². The lowest BCUT2D eigenvalue weighted by atomic mass is 10.1. The van der Waals surface area contributed by atoms with Crippen LogP contribution in [0.5, 0.6) is 5.75 Å². The zero-order valence-corrected chi connectivity index (χ0v) is 14.6. The second-order valence-corrected chi connectivity index (χ2v) is 6.25. The molecule has 3 rings (SSSR count).